The first-order chi connectivity index (χ1) is 15.6. The van der Waals surface area contributed by atoms with Gasteiger partial charge in [-0.3, -0.25) is 0 Å². The molecule has 3 aromatic carbocycles. The molecule has 0 unspecified atom stereocenters. The second kappa shape index (κ2) is 8.42. The molecule has 33 heavy (non-hydrogen) atoms. The van der Waals surface area contributed by atoms with Crippen molar-refractivity contribution < 1.29 is 31.1 Å². The highest BCUT2D eigenvalue weighted by Crippen LogP contribution is 2.39. The van der Waals surface area contributed by atoms with Gasteiger partial charge in [-0.15, -0.1) is 0 Å². The van der Waals surface area contributed by atoms with Crippen LogP contribution < -0.4 is 0 Å². The van der Waals surface area contributed by atoms with E-state index in [0.29, 0.717) is 35.9 Å². The number of aromatic nitrogens is 1. The number of halogens is 6. The Morgan fingerprint density at radius 3 is 1.97 bits per heavy atom. The lowest BCUT2D eigenvalue weighted by Crippen LogP contribution is -2.11. The number of fused-ring (bicyclic) bond motifs is 1. The third-order valence-corrected chi connectivity index (χ3v) is 5.38. The number of carbonyl (C=O) groups excluding carboxylic acids is 1. The van der Waals surface area contributed by atoms with Crippen molar-refractivity contribution in [2.75, 3.05) is 0 Å². The van der Waals surface area contributed by atoms with Crippen molar-refractivity contribution in [2.45, 2.75) is 25.3 Å². The van der Waals surface area contributed by atoms with Crippen LogP contribution >= 0.6 is 0 Å². The van der Waals surface area contributed by atoms with Gasteiger partial charge in [0.05, 0.1) is 11.1 Å². The Morgan fingerprint density at radius 2 is 1.39 bits per heavy atom. The van der Waals surface area contributed by atoms with Crippen molar-refractivity contribution in [2.24, 2.45) is 0 Å². The Bertz CT molecular complexity index is 1270. The van der Waals surface area contributed by atoms with Gasteiger partial charge in [0.15, 0.2) is 0 Å². The van der Waals surface area contributed by atoms with Crippen LogP contribution in [0.3, 0.4) is 0 Å². The third-order valence-electron chi connectivity index (χ3n) is 5.38. The zero-order chi connectivity index (χ0) is 23.8. The SMILES string of the molecule is O=CCc1cn(Cc2ccccc2)c2ccc(-c3cc(C(F)(F)F)cc(C(F)(F)F)c3)cc12. The number of hydrogen-bond donors (Lipinski definition) is 0. The summed E-state index contributed by atoms with van der Waals surface area (Å²) < 4.78 is 81.5. The number of aldehydes is 1. The molecule has 0 fully saturated rings. The quantitative estimate of drug-likeness (QED) is 0.229. The van der Waals surface area contributed by atoms with Crippen LogP contribution in [0.4, 0.5) is 26.3 Å². The van der Waals surface area contributed by atoms with Crippen molar-refractivity contribution in [1.29, 1.82) is 0 Å². The molecule has 1 aromatic heterocycles. The molecule has 0 N–H and O–H groups in total. The van der Waals surface area contributed by atoms with Crippen molar-refractivity contribution in [3.05, 3.63) is 95.2 Å². The van der Waals surface area contributed by atoms with Crippen molar-refractivity contribution in [3.63, 3.8) is 0 Å². The van der Waals surface area contributed by atoms with Gasteiger partial charge in [0.25, 0.3) is 0 Å². The largest absolute Gasteiger partial charge is 0.416 e. The number of hydrogen-bond acceptors (Lipinski definition) is 1. The van der Waals surface area contributed by atoms with Crippen LogP contribution in [-0.2, 0) is 30.1 Å². The van der Waals surface area contributed by atoms with E-state index < -0.39 is 23.5 Å². The Morgan fingerprint density at radius 1 is 0.758 bits per heavy atom. The lowest BCUT2D eigenvalue weighted by molar-refractivity contribution is -0.143. The topological polar surface area (TPSA) is 22.0 Å². The fourth-order valence-electron chi connectivity index (χ4n) is 3.84. The molecule has 0 aliphatic carbocycles. The molecular weight excluding hydrogens is 444 g/mol. The van der Waals surface area contributed by atoms with E-state index in [1.807, 2.05) is 34.9 Å². The van der Waals surface area contributed by atoms with Gasteiger partial charge in [-0.05, 0) is 52.6 Å². The van der Waals surface area contributed by atoms with Gasteiger partial charge in [0.1, 0.15) is 6.29 Å². The molecule has 0 saturated heterocycles. The van der Waals surface area contributed by atoms with E-state index in [0.717, 1.165) is 11.1 Å². The van der Waals surface area contributed by atoms with E-state index in [9.17, 15) is 31.1 Å². The minimum absolute atomic E-state index is 0.0676. The van der Waals surface area contributed by atoms with Gasteiger partial charge >= 0.3 is 12.4 Å². The fourth-order valence-corrected chi connectivity index (χ4v) is 3.84. The summed E-state index contributed by atoms with van der Waals surface area (Å²) in [6.45, 7) is 0.497. The summed E-state index contributed by atoms with van der Waals surface area (Å²) in [7, 11) is 0. The van der Waals surface area contributed by atoms with Gasteiger partial charge in [0, 0.05) is 30.1 Å². The summed E-state index contributed by atoms with van der Waals surface area (Å²) in [5.41, 5.74) is -0.382. The fraction of sp³-hybridized carbons (Fsp3) is 0.160. The molecule has 0 saturated carbocycles. The van der Waals surface area contributed by atoms with Gasteiger partial charge in [0.2, 0.25) is 0 Å². The molecule has 0 bridgehead atoms. The van der Waals surface area contributed by atoms with Crippen LogP contribution in [0.2, 0.25) is 0 Å². The van der Waals surface area contributed by atoms with Crippen LogP contribution in [0.1, 0.15) is 22.3 Å². The molecule has 1 heterocycles. The van der Waals surface area contributed by atoms with Crippen LogP contribution in [0.25, 0.3) is 22.0 Å². The zero-order valence-corrected chi connectivity index (χ0v) is 17.0. The molecule has 170 valence electrons. The Kier molecular flexibility index (Phi) is 5.78. The molecule has 0 aliphatic heterocycles. The third kappa shape index (κ3) is 4.79. The summed E-state index contributed by atoms with van der Waals surface area (Å²) in [4.78, 5) is 11.2. The van der Waals surface area contributed by atoms with E-state index in [-0.39, 0.29) is 23.6 Å². The maximum absolute atomic E-state index is 13.3. The first kappa shape index (κ1) is 22.6. The Hall–Kier alpha value is -3.55. The molecule has 0 amide bonds. The molecule has 0 atom stereocenters. The normalized spacial score (nSPS) is 12.3. The number of alkyl halides is 6. The monoisotopic (exact) mass is 461 g/mol. The van der Waals surface area contributed by atoms with E-state index in [1.54, 1.807) is 12.3 Å². The van der Waals surface area contributed by atoms with Gasteiger partial charge in [-0.25, -0.2) is 0 Å². The molecule has 0 aliphatic rings. The highest BCUT2D eigenvalue weighted by atomic mass is 19.4. The van der Waals surface area contributed by atoms with Gasteiger partial charge < -0.3 is 9.36 Å². The van der Waals surface area contributed by atoms with Crippen LogP contribution in [0.5, 0.6) is 0 Å². The molecule has 4 aromatic rings. The predicted molar refractivity (Wildman–Crippen MR) is 113 cm³/mol. The summed E-state index contributed by atoms with van der Waals surface area (Å²) in [5.74, 6) is 0. The molecule has 4 rings (SSSR count). The maximum Gasteiger partial charge on any atom is 0.416 e. The number of rotatable bonds is 5. The number of nitrogens with zero attached hydrogens (tertiary/aromatic N) is 1. The van der Waals surface area contributed by atoms with Gasteiger partial charge in [-0.1, -0.05) is 36.4 Å². The highest BCUT2D eigenvalue weighted by molar-refractivity contribution is 5.90. The Balaban J connectivity index is 1.86. The average Bonchev–Trinajstić information content (AvgIpc) is 3.10. The van der Waals surface area contributed by atoms with Crippen LogP contribution in [-0.4, -0.2) is 10.9 Å². The lowest BCUT2D eigenvalue weighted by atomic mass is 9.97. The number of carbonyl (C=O) groups is 1. The predicted octanol–water partition coefficient (Wildman–Crippen LogP) is 7.14. The minimum Gasteiger partial charge on any atom is -0.343 e. The van der Waals surface area contributed by atoms with Crippen molar-refractivity contribution >= 4 is 17.2 Å². The number of benzene rings is 3. The summed E-state index contributed by atoms with van der Waals surface area (Å²) in [5, 5.41) is 0.599. The van der Waals surface area contributed by atoms with Crippen LogP contribution in [0, 0.1) is 0 Å². The van der Waals surface area contributed by atoms with E-state index >= 15 is 0 Å². The standard InChI is InChI=1S/C25H17F6NO/c26-24(27,28)20-10-19(11-21(13-20)25(29,30)31)17-6-7-23-22(12-17)18(8-9-33)15-32(23)14-16-4-2-1-3-5-16/h1-7,9-13,15H,8,14H2. The first-order valence-electron chi connectivity index (χ1n) is 9.95. The van der Waals surface area contributed by atoms with Crippen molar-refractivity contribution in [1.82, 2.24) is 4.57 Å². The minimum atomic E-state index is -4.93. The first-order valence-corrected chi connectivity index (χ1v) is 9.95. The highest BCUT2D eigenvalue weighted by Gasteiger charge is 2.37. The van der Waals surface area contributed by atoms with Gasteiger partial charge in [-0.2, -0.15) is 26.3 Å². The molecule has 2 nitrogen and oxygen atoms in total. The molecule has 0 spiro atoms. The average molecular weight is 461 g/mol. The van der Waals surface area contributed by atoms with E-state index in [1.165, 1.54) is 12.1 Å². The summed E-state index contributed by atoms with van der Waals surface area (Å²) >= 11 is 0. The smallest absolute Gasteiger partial charge is 0.343 e. The second-order valence-corrected chi connectivity index (χ2v) is 7.67. The summed E-state index contributed by atoms with van der Waals surface area (Å²) in [6.07, 6.45) is -7.30. The molecular formula is C25H17F6NO. The molecule has 8 heteroatoms. The molecule has 0 radical (unpaired) electrons. The maximum atomic E-state index is 13.3. The lowest BCUT2D eigenvalue weighted by Gasteiger charge is -2.14. The zero-order valence-electron chi connectivity index (χ0n) is 17.0. The summed E-state index contributed by atoms with van der Waals surface area (Å²) in [6, 6.07) is 15.7. The Labute approximate surface area is 185 Å². The van der Waals surface area contributed by atoms with Crippen molar-refractivity contribution in [3.8, 4) is 11.1 Å². The van der Waals surface area contributed by atoms with Crippen LogP contribution in [0.15, 0.2) is 72.9 Å². The van der Waals surface area contributed by atoms with E-state index in [2.05, 4.69) is 0 Å². The van der Waals surface area contributed by atoms with E-state index in [4.69, 9.17) is 0 Å². The second-order valence-electron chi connectivity index (χ2n) is 7.67.